The second-order valence-corrected chi connectivity index (χ2v) is 7.17. The van der Waals surface area contributed by atoms with E-state index in [1.165, 1.54) is 17.5 Å². The molecule has 0 amide bonds. The minimum Gasteiger partial charge on any atom is -0.328 e. The number of hydrogen-bond donors (Lipinski definition) is 1. The van der Waals surface area contributed by atoms with Crippen molar-refractivity contribution in [3.8, 4) is 0 Å². The average Bonchev–Trinajstić information content (AvgIpc) is 3.15. The summed E-state index contributed by atoms with van der Waals surface area (Å²) >= 11 is 0. The Morgan fingerprint density at radius 3 is 2.74 bits per heavy atom. The highest BCUT2D eigenvalue weighted by molar-refractivity contribution is 6.00. The van der Waals surface area contributed by atoms with Gasteiger partial charge < -0.3 is 5.32 Å². The first kappa shape index (κ1) is 15.9. The number of pyridine rings is 1. The zero-order chi connectivity index (χ0) is 18.4. The molecular formula is C21H19N5O. The van der Waals surface area contributed by atoms with Gasteiger partial charge in [-0.2, -0.15) is 10.1 Å². The largest absolute Gasteiger partial charge is 0.328 e. The zero-order valence-corrected chi connectivity index (χ0v) is 15.0. The van der Waals surface area contributed by atoms with Crippen LogP contribution in [-0.4, -0.2) is 25.5 Å². The molecule has 0 fully saturated rings. The number of ketones is 1. The number of Topliss-reactive ketones (excluding diaryl/α,β-unsaturated/α-hetero) is 1. The van der Waals surface area contributed by atoms with Crippen molar-refractivity contribution in [1.29, 1.82) is 0 Å². The topological polar surface area (TPSA) is 72.7 Å². The molecule has 3 heterocycles. The molecule has 134 valence electrons. The number of allylic oxidation sites excluding steroid dienone is 2. The molecule has 6 heteroatoms. The summed E-state index contributed by atoms with van der Waals surface area (Å²) in [6, 6.07) is 12.1. The summed E-state index contributed by atoms with van der Waals surface area (Å²) in [6.45, 7) is 2.07. The lowest BCUT2D eigenvalue weighted by Crippen LogP contribution is -2.33. The first-order chi connectivity index (χ1) is 13.2. The van der Waals surface area contributed by atoms with Crippen LogP contribution in [0.25, 0.3) is 0 Å². The average molecular weight is 357 g/mol. The number of carbonyl (C=O) groups is 1. The third-order valence-corrected chi connectivity index (χ3v) is 5.41. The SMILES string of the molecule is Cc1ccc([C@H]2CC(=O)C3=C(C2)Nc2ncnn2[C@@H]3c2cccnc2)cc1. The maximum atomic E-state index is 13.2. The molecule has 0 spiro atoms. The number of hydrogen-bond acceptors (Lipinski definition) is 5. The van der Waals surface area contributed by atoms with E-state index in [0.29, 0.717) is 12.4 Å². The molecule has 2 atom stereocenters. The fraction of sp³-hybridized carbons (Fsp3) is 0.238. The number of rotatable bonds is 2. The number of nitrogens with one attached hydrogen (secondary N) is 1. The Kier molecular flexibility index (Phi) is 3.63. The van der Waals surface area contributed by atoms with Gasteiger partial charge in [-0.3, -0.25) is 9.78 Å². The quantitative estimate of drug-likeness (QED) is 0.761. The molecule has 1 aliphatic heterocycles. The van der Waals surface area contributed by atoms with Gasteiger partial charge in [0.15, 0.2) is 5.78 Å². The van der Waals surface area contributed by atoms with Crippen LogP contribution >= 0.6 is 0 Å². The normalized spacial score (nSPS) is 21.4. The second-order valence-electron chi connectivity index (χ2n) is 7.17. The predicted octanol–water partition coefficient (Wildman–Crippen LogP) is 3.40. The smallest absolute Gasteiger partial charge is 0.226 e. The molecule has 0 saturated heterocycles. The third kappa shape index (κ3) is 2.65. The van der Waals surface area contributed by atoms with Crippen LogP contribution in [0.5, 0.6) is 0 Å². The van der Waals surface area contributed by atoms with Gasteiger partial charge in [0.05, 0.1) is 0 Å². The van der Waals surface area contributed by atoms with Crippen LogP contribution in [0, 0.1) is 6.92 Å². The molecular weight excluding hydrogens is 338 g/mol. The summed E-state index contributed by atoms with van der Waals surface area (Å²) in [5, 5.41) is 7.70. The first-order valence-corrected chi connectivity index (χ1v) is 9.10. The van der Waals surface area contributed by atoms with E-state index < -0.39 is 0 Å². The molecule has 1 aliphatic carbocycles. The van der Waals surface area contributed by atoms with Crippen LogP contribution in [0.2, 0.25) is 0 Å². The van der Waals surface area contributed by atoms with E-state index in [1.807, 2.05) is 12.1 Å². The maximum Gasteiger partial charge on any atom is 0.226 e. The van der Waals surface area contributed by atoms with E-state index in [1.54, 1.807) is 17.1 Å². The summed E-state index contributed by atoms with van der Waals surface area (Å²) in [5.74, 6) is 0.998. The monoisotopic (exact) mass is 357 g/mol. The minimum atomic E-state index is -0.279. The van der Waals surface area contributed by atoms with Crippen LogP contribution in [0.3, 0.4) is 0 Å². The number of carbonyl (C=O) groups excluding carboxylic acids is 1. The number of anilines is 1. The summed E-state index contributed by atoms with van der Waals surface area (Å²) in [5.41, 5.74) is 5.10. The standard InChI is InChI=1S/C21H19N5O/c1-13-4-6-14(7-5-13)16-9-17-19(18(27)10-16)20(15-3-2-8-22-11-15)26-21(25-17)23-12-24-26/h2-8,11-12,16,20H,9-10H2,1H3,(H,23,24,25)/t16-,20-/m1/s1. The molecule has 27 heavy (non-hydrogen) atoms. The van der Waals surface area contributed by atoms with Crippen LogP contribution in [-0.2, 0) is 4.79 Å². The maximum absolute atomic E-state index is 13.2. The molecule has 0 radical (unpaired) electrons. The fourth-order valence-electron chi connectivity index (χ4n) is 4.07. The van der Waals surface area contributed by atoms with Crippen molar-refractivity contribution >= 4 is 11.7 Å². The van der Waals surface area contributed by atoms with Gasteiger partial charge in [-0.1, -0.05) is 35.9 Å². The summed E-state index contributed by atoms with van der Waals surface area (Å²) in [4.78, 5) is 21.8. The van der Waals surface area contributed by atoms with Crippen molar-refractivity contribution in [3.05, 3.63) is 83.1 Å². The predicted molar refractivity (Wildman–Crippen MR) is 101 cm³/mol. The Bertz CT molecular complexity index is 1040. The molecule has 0 bridgehead atoms. The van der Waals surface area contributed by atoms with Crippen molar-refractivity contribution in [2.45, 2.75) is 31.7 Å². The van der Waals surface area contributed by atoms with E-state index in [0.717, 1.165) is 23.3 Å². The van der Waals surface area contributed by atoms with Crippen molar-refractivity contribution in [2.75, 3.05) is 5.32 Å². The molecule has 6 nitrogen and oxygen atoms in total. The molecule has 0 unspecified atom stereocenters. The number of aromatic nitrogens is 4. The molecule has 1 aromatic carbocycles. The Hall–Kier alpha value is -3.28. The van der Waals surface area contributed by atoms with Gasteiger partial charge in [0, 0.05) is 30.1 Å². The summed E-state index contributed by atoms with van der Waals surface area (Å²) in [7, 11) is 0. The van der Waals surface area contributed by atoms with Crippen LogP contribution in [0.1, 0.15) is 41.5 Å². The first-order valence-electron chi connectivity index (χ1n) is 9.10. The zero-order valence-electron chi connectivity index (χ0n) is 15.0. The highest BCUT2D eigenvalue weighted by atomic mass is 16.1. The van der Waals surface area contributed by atoms with Crippen molar-refractivity contribution in [1.82, 2.24) is 19.7 Å². The number of benzene rings is 1. The summed E-state index contributed by atoms with van der Waals surface area (Å²) in [6.07, 6.45) is 6.34. The van der Waals surface area contributed by atoms with Crippen molar-refractivity contribution in [2.24, 2.45) is 0 Å². The Balaban J connectivity index is 1.58. The van der Waals surface area contributed by atoms with Gasteiger partial charge in [-0.05, 0) is 36.5 Å². The van der Waals surface area contributed by atoms with Crippen molar-refractivity contribution in [3.63, 3.8) is 0 Å². The Labute approximate surface area is 157 Å². The molecule has 1 N–H and O–H groups in total. The van der Waals surface area contributed by atoms with E-state index in [9.17, 15) is 4.79 Å². The van der Waals surface area contributed by atoms with E-state index in [2.05, 4.69) is 51.6 Å². The molecule has 0 saturated carbocycles. The molecule has 3 aromatic rings. The van der Waals surface area contributed by atoms with Crippen molar-refractivity contribution < 1.29 is 4.79 Å². The number of aryl methyl sites for hydroxylation is 1. The molecule has 2 aromatic heterocycles. The van der Waals surface area contributed by atoms with E-state index >= 15 is 0 Å². The number of nitrogens with zero attached hydrogens (tertiary/aromatic N) is 4. The van der Waals surface area contributed by atoms with Gasteiger partial charge >= 0.3 is 0 Å². The van der Waals surface area contributed by atoms with Gasteiger partial charge in [-0.15, -0.1) is 0 Å². The Morgan fingerprint density at radius 1 is 1.11 bits per heavy atom. The minimum absolute atomic E-state index is 0.157. The fourth-order valence-corrected chi connectivity index (χ4v) is 4.07. The lowest BCUT2D eigenvalue weighted by atomic mass is 9.78. The van der Waals surface area contributed by atoms with Crippen LogP contribution < -0.4 is 5.32 Å². The lowest BCUT2D eigenvalue weighted by Gasteiger charge is -2.35. The van der Waals surface area contributed by atoms with Gasteiger partial charge in [-0.25, -0.2) is 4.68 Å². The van der Waals surface area contributed by atoms with Crippen LogP contribution in [0.4, 0.5) is 5.95 Å². The summed E-state index contributed by atoms with van der Waals surface area (Å²) < 4.78 is 1.78. The van der Waals surface area contributed by atoms with E-state index in [4.69, 9.17) is 0 Å². The van der Waals surface area contributed by atoms with Gasteiger partial charge in [0.1, 0.15) is 12.4 Å². The lowest BCUT2D eigenvalue weighted by molar-refractivity contribution is -0.116. The van der Waals surface area contributed by atoms with Crippen LogP contribution in [0.15, 0.2) is 66.4 Å². The van der Waals surface area contributed by atoms with Gasteiger partial charge in [0.25, 0.3) is 0 Å². The Morgan fingerprint density at radius 2 is 1.96 bits per heavy atom. The highest BCUT2D eigenvalue weighted by Crippen LogP contribution is 2.43. The molecule has 5 rings (SSSR count). The third-order valence-electron chi connectivity index (χ3n) is 5.41. The second kappa shape index (κ2) is 6.16. The van der Waals surface area contributed by atoms with E-state index in [-0.39, 0.29) is 17.7 Å². The molecule has 2 aliphatic rings. The number of fused-ring (bicyclic) bond motifs is 1. The van der Waals surface area contributed by atoms with Gasteiger partial charge in [0.2, 0.25) is 5.95 Å². The highest BCUT2D eigenvalue weighted by Gasteiger charge is 2.39.